The molecule has 1 amide bonds. The number of morpholine rings is 1. The van der Waals surface area contributed by atoms with E-state index in [0.29, 0.717) is 18.8 Å². The van der Waals surface area contributed by atoms with E-state index in [1.165, 1.54) is 12.1 Å². The molecule has 9 heteroatoms. The molecule has 156 valence electrons. The topological polar surface area (TPSA) is 76.0 Å². The van der Waals surface area contributed by atoms with Crippen molar-refractivity contribution in [2.75, 3.05) is 31.2 Å². The van der Waals surface area contributed by atoms with Gasteiger partial charge in [0.2, 0.25) is 0 Å². The van der Waals surface area contributed by atoms with E-state index >= 15 is 0 Å². The summed E-state index contributed by atoms with van der Waals surface area (Å²) in [5.74, 6) is 0.233. The second-order valence-electron chi connectivity index (χ2n) is 7.82. The number of carbonyl (C=O) groups is 1. The number of ether oxygens (including phenoxy) is 2. The molecule has 1 N–H and O–H groups in total. The molecule has 0 saturated carbocycles. The molecule has 1 saturated heterocycles. The Morgan fingerprint density at radius 2 is 2.00 bits per heavy atom. The molecular weight excluding hydrogens is 386 g/mol. The standard InChI is InChI=1S/C21H24BFN4O3/c1-21(2,3)30-20(28)26-25-19(16-6-5-15(22)12-17(16)23)14-4-7-18(24-13-14)27-8-10-29-11-9-27/h4-7,12-13H,8-11H2,1-3H3,(H,26,28)/b25-19-. The maximum Gasteiger partial charge on any atom is 0.428 e. The maximum atomic E-state index is 14.6. The predicted molar refractivity (Wildman–Crippen MR) is 114 cm³/mol. The highest BCUT2D eigenvalue weighted by Gasteiger charge is 2.19. The molecule has 3 rings (SSSR count). The molecule has 0 aliphatic carbocycles. The summed E-state index contributed by atoms with van der Waals surface area (Å²) in [6, 6.07) is 7.89. The van der Waals surface area contributed by atoms with Crippen molar-refractivity contribution in [2.45, 2.75) is 26.4 Å². The van der Waals surface area contributed by atoms with Crippen LogP contribution in [0.1, 0.15) is 31.9 Å². The lowest BCUT2D eigenvalue weighted by atomic mass is 9.93. The SMILES string of the molecule is [B]c1ccc(/C(=N\NC(=O)OC(C)(C)C)c2ccc(N3CCOCC3)nc2)c(F)c1. The molecule has 0 atom stereocenters. The Kier molecular flexibility index (Phi) is 6.71. The van der Waals surface area contributed by atoms with Gasteiger partial charge in [-0.25, -0.2) is 19.6 Å². The fourth-order valence-electron chi connectivity index (χ4n) is 2.91. The summed E-state index contributed by atoms with van der Waals surface area (Å²) in [5, 5.41) is 4.12. The predicted octanol–water partition coefficient (Wildman–Crippen LogP) is 2.13. The zero-order valence-electron chi connectivity index (χ0n) is 17.3. The van der Waals surface area contributed by atoms with E-state index in [2.05, 4.69) is 20.4 Å². The molecule has 1 aromatic heterocycles. The van der Waals surface area contributed by atoms with Gasteiger partial charge in [-0.3, -0.25) is 0 Å². The fraction of sp³-hybridized carbons (Fsp3) is 0.381. The summed E-state index contributed by atoms with van der Waals surface area (Å²) < 4.78 is 25.2. The van der Waals surface area contributed by atoms with Crippen LogP contribution >= 0.6 is 0 Å². The lowest BCUT2D eigenvalue weighted by molar-refractivity contribution is 0.0529. The van der Waals surface area contributed by atoms with Gasteiger partial charge in [0.05, 0.1) is 13.2 Å². The van der Waals surface area contributed by atoms with Gasteiger partial charge in [0.1, 0.15) is 30.8 Å². The highest BCUT2D eigenvalue weighted by molar-refractivity contribution is 6.32. The van der Waals surface area contributed by atoms with Gasteiger partial charge in [0.25, 0.3) is 0 Å². The number of carbonyl (C=O) groups excluding carboxylic acids is 1. The summed E-state index contributed by atoms with van der Waals surface area (Å²) in [6.07, 6.45) is 0.852. The van der Waals surface area contributed by atoms with Gasteiger partial charge in [-0.2, -0.15) is 5.10 Å². The van der Waals surface area contributed by atoms with Gasteiger partial charge in [0, 0.05) is 30.4 Å². The number of nitrogens with one attached hydrogen (secondary N) is 1. The van der Waals surface area contributed by atoms with Crippen LogP contribution in [0.3, 0.4) is 0 Å². The minimum absolute atomic E-state index is 0.182. The Morgan fingerprint density at radius 3 is 2.60 bits per heavy atom. The maximum absolute atomic E-state index is 14.6. The Bertz CT molecular complexity index is 923. The molecule has 1 aliphatic heterocycles. The monoisotopic (exact) mass is 410 g/mol. The first-order valence-electron chi connectivity index (χ1n) is 9.64. The van der Waals surface area contributed by atoms with Crippen LogP contribution in [0.15, 0.2) is 41.6 Å². The summed E-state index contributed by atoms with van der Waals surface area (Å²) in [4.78, 5) is 18.6. The van der Waals surface area contributed by atoms with Gasteiger partial charge in [-0.1, -0.05) is 17.6 Å². The number of halogens is 1. The third-order valence-corrected chi connectivity index (χ3v) is 4.26. The van der Waals surface area contributed by atoms with Crippen LogP contribution in [0.2, 0.25) is 0 Å². The van der Waals surface area contributed by atoms with Crippen molar-refractivity contribution >= 4 is 30.9 Å². The second-order valence-corrected chi connectivity index (χ2v) is 7.82. The van der Waals surface area contributed by atoms with Crippen LogP contribution in [0, 0.1) is 5.82 Å². The highest BCUT2D eigenvalue weighted by Crippen LogP contribution is 2.17. The van der Waals surface area contributed by atoms with Crippen molar-refractivity contribution in [1.82, 2.24) is 10.4 Å². The van der Waals surface area contributed by atoms with Crippen molar-refractivity contribution in [2.24, 2.45) is 5.10 Å². The van der Waals surface area contributed by atoms with Gasteiger partial charge in [-0.05, 0) is 39.0 Å². The van der Waals surface area contributed by atoms with Gasteiger partial charge < -0.3 is 14.4 Å². The smallest absolute Gasteiger partial charge is 0.428 e. The average Bonchev–Trinajstić information content (AvgIpc) is 2.69. The van der Waals surface area contributed by atoms with Crippen LogP contribution in [-0.4, -0.2) is 56.5 Å². The first kappa shape index (κ1) is 21.8. The molecule has 7 nitrogen and oxygen atoms in total. The molecule has 30 heavy (non-hydrogen) atoms. The van der Waals surface area contributed by atoms with E-state index < -0.39 is 17.5 Å². The lowest BCUT2D eigenvalue weighted by Gasteiger charge is -2.27. The molecule has 2 aromatic rings. The van der Waals surface area contributed by atoms with Crippen molar-refractivity contribution < 1.29 is 18.7 Å². The Hall–Kier alpha value is -2.94. The number of aromatic nitrogens is 1. The number of amides is 1. The number of hydrogen-bond donors (Lipinski definition) is 1. The number of anilines is 1. The number of benzene rings is 1. The number of pyridine rings is 1. The van der Waals surface area contributed by atoms with E-state index in [0.717, 1.165) is 18.9 Å². The van der Waals surface area contributed by atoms with E-state index in [-0.39, 0.29) is 16.7 Å². The van der Waals surface area contributed by atoms with E-state index in [4.69, 9.17) is 17.3 Å². The lowest BCUT2D eigenvalue weighted by Crippen LogP contribution is -2.36. The van der Waals surface area contributed by atoms with E-state index in [1.807, 2.05) is 6.07 Å². The van der Waals surface area contributed by atoms with Crippen molar-refractivity contribution in [3.05, 3.63) is 53.5 Å². The summed E-state index contributed by atoms with van der Waals surface area (Å²) in [5.41, 5.74) is 2.86. The Morgan fingerprint density at radius 1 is 1.27 bits per heavy atom. The fourth-order valence-corrected chi connectivity index (χ4v) is 2.91. The molecule has 1 aromatic carbocycles. The molecule has 2 radical (unpaired) electrons. The molecular formula is C21H24BFN4O3. The summed E-state index contributed by atoms with van der Waals surface area (Å²) >= 11 is 0. The quantitative estimate of drug-likeness (QED) is 0.475. The Labute approximate surface area is 176 Å². The first-order valence-corrected chi connectivity index (χ1v) is 9.64. The van der Waals surface area contributed by atoms with Crippen LogP contribution in [0.5, 0.6) is 0 Å². The second kappa shape index (κ2) is 9.25. The third kappa shape index (κ3) is 5.79. The zero-order chi connectivity index (χ0) is 21.7. The number of hydrogen-bond acceptors (Lipinski definition) is 6. The number of rotatable bonds is 4. The number of nitrogens with zero attached hydrogens (tertiary/aromatic N) is 3. The van der Waals surface area contributed by atoms with Crippen LogP contribution < -0.4 is 15.8 Å². The minimum atomic E-state index is -0.742. The minimum Gasteiger partial charge on any atom is -0.443 e. The normalized spacial score (nSPS) is 15.1. The first-order chi connectivity index (χ1) is 14.2. The average molecular weight is 410 g/mol. The molecule has 1 aliphatic rings. The van der Waals surface area contributed by atoms with E-state index in [9.17, 15) is 9.18 Å². The van der Waals surface area contributed by atoms with Crippen LogP contribution in [0.25, 0.3) is 0 Å². The molecule has 1 fully saturated rings. The summed E-state index contributed by atoms with van der Waals surface area (Å²) in [6.45, 7) is 8.01. The Balaban J connectivity index is 1.90. The zero-order valence-corrected chi connectivity index (χ0v) is 17.3. The highest BCUT2D eigenvalue weighted by atomic mass is 19.1. The summed E-state index contributed by atoms with van der Waals surface area (Å²) in [7, 11) is 5.66. The van der Waals surface area contributed by atoms with Crippen molar-refractivity contribution in [3.8, 4) is 0 Å². The van der Waals surface area contributed by atoms with Crippen molar-refractivity contribution in [3.63, 3.8) is 0 Å². The van der Waals surface area contributed by atoms with Crippen LogP contribution in [-0.2, 0) is 9.47 Å². The van der Waals surface area contributed by atoms with Gasteiger partial charge >= 0.3 is 6.09 Å². The van der Waals surface area contributed by atoms with E-state index in [1.54, 1.807) is 39.1 Å². The van der Waals surface area contributed by atoms with Gasteiger partial charge in [0.15, 0.2) is 0 Å². The molecule has 0 spiro atoms. The third-order valence-electron chi connectivity index (χ3n) is 4.26. The molecule has 2 heterocycles. The van der Waals surface area contributed by atoms with Crippen LogP contribution in [0.4, 0.5) is 15.0 Å². The molecule has 0 bridgehead atoms. The molecule has 0 unspecified atom stereocenters. The van der Waals surface area contributed by atoms with Gasteiger partial charge in [-0.15, -0.1) is 0 Å². The largest absolute Gasteiger partial charge is 0.443 e. The number of hydrazone groups is 1. The van der Waals surface area contributed by atoms with Crippen molar-refractivity contribution in [1.29, 1.82) is 0 Å².